The largest absolute Gasteiger partial charge is 0.505 e. The molecular formula is C9H8FNO2. The highest BCUT2D eigenvalue weighted by atomic mass is 19.1. The van der Waals surface area contributed by atoms with Gasteiger partial charge >= 0.3 is 0 Å². The number of phenolic OH excluding ortho intramolecular Hbond substituents is 1. The van der Waals surface area contributed by atoms with Gasteiger partial charge in [-0.1, -0.05) is 6.07 Å². The van der Waals surface area contributed by atoms with Crippen LogP contribution < -0.4 is 0 Å². The van der Waals surface area contributed by atoms with Crippen LogP contribution in [0.4, 0.5) is 4.39 Å². The molecule has 1 atom stereocenters. The third-order valence-corrected chi connectivity index (χ3v) is 1.64. The summed E-state index contributed by atoms with van der Waals surface area (Å²) in [5.41, 5.74) is 0.289. The van der Waals surface area contributed by atoms with E-state index in [1.54, 1.807) is 6.07 Å². The lowest BCUT2D eigenvalue weighted by Gasteiger charge is -2.06. The van der Waals surface area contributed by atoms with Crippen molar-refractivity contribution in [1.82, 2.24) is 0 Å². The average molecular weight is 181 g/mol. The van der Waals surface area contributed by atoms with Gasteiger partial charge in [0.1, 0.15) is 0 Å². The first-order valence-electron chi connectivity index (χ1n) is 3.68. The van der Waals surface area contributed by atoms with Gasteiger partial charge in [0.2, 0.25) is 0 Å². The van der Waals surface area contributed by atoms with Crippen molar-refractivity contribution >= 4 is 0 Å². The van der Waals surface area contributed by atoms with Crippen LogP contribution in [0.2, 0.25) is 0 Å². The van der Waals surface area contributed by atoms with E-state index in [4.69, 9.17) is 10.4 Å². The molecule has 1 aromatic carbocycles. The second-order valence-electron chi connectivity index (χ2n) is 2.59. The number of hydrogen-bond donors (Lipinski definition) is 2. The van der Waals surface area contributed by atoms with Crippen LogP contribution in [0.5, 0.6) is 5.75 Å². The summed E-state index contributed by atoms with van der Waals surface area (Å²) in [6.07, 6.45) is -1.09. The molecule has 13 heavy (non-hydrogen) atoms. The summed E-state index contributed by atoms with van der Waals surface area (Å²) in [4.78, 5) is 0. The number of nitrogens with zero attached hydrogens (tertiary/aromatic N) is 1. The van der Waals surface area contributed by atoms with Crippen molar-refractivity contribution in [3.05, 3.63) is 29.6 Å². The van der Waals surface area contributed by atoms with Crippen LogP contribution in [0.3, 0.4) is 0 Å². The topological polar surface area (TPSA) is 64.2 Å². The highest BCUT2D eigenvalue weighted by molar-refractivity contribution is 5.29. The SMILES string of the molecule is N#CCC(O)c1ccc(O)c(F)c1. The smallest absolute Gasteiger partial charge is 0.165 e. The third kappa shape index (κ3) is 2.17. The van der Waals surface area contributed by atoms with Gasteiger partial charge in [0.05, 0.1) is 18.6 Å². The molecule has 0 fully saturated rings. The minimum atomic E-state index is -1.000. The number of hydrogen-bond acceptors (Lipinski definition) is 3. The minimum Gasteiger partial charge on any atom is -0.505 e. The predicted molar refractivity (Wildman–Crippen MR) is 43.3 cm³/mol. The Hall–Kier alpha value is -1.60. The third-order valence-electron chi connectivity index (χ3n) is 1.64. The molecule has 0 spiro atoms. The molecule has 1 aromatic rings. The Morgan fingerprint density at radius 3 is 2.77 bits per heavy atom. The Balaban J connectivity index is 2.91. The Bertz CT molecular complexity index is 346. The van der Waals surface area contributed by atoms with Crippen molar-refractivity contribution in [2.24, 2.45) is 0 Å². The molecule has 0 aromatic heterocycles. The summed E-state index contributed by atoms with van der Waals surface area (Å²) >= 11 is 0. The molecule has 0 aliphatic rings. The second-order valence-corrected chi connectivity index (χ2v) is 2.59. The van der Waals surface area contributed by atoms with Crippen molar-refractivity contribution in [2.75, 3.05) is 0 Å². The maximum Gasteiger partial charge on any atom is 0.165 e. The van der Waals surface area contributed by atoms with Crippen molar-refractivity contribution in [3.8, 4) is 11.8 Å². The van der Waals surface area contributed by atoms with E-state index in [1.165, 1.54) is 6.07 Å². The van der Waals surface area contributed by atoms with Gasteiger partial charge in [-0.2, -0.15) is 5.26 Å². The van der Waals surface area contributed by atoms with E-state index in [-0.39, 0.29) is 12.0 Å². The second kappa shape index (κ2) is 3.87. The van der Waals surface area contributed by atoms with Crippen LogP contribution in [0, 0.1) is 17.1 Å². The maximum atomic E-state index is 12.7. The summed E-state index contributed by atoms with van der Waals surface area (Å²) in [7, 11) is 0. The molecular weight excluding hydrogens is 173 g/mol. The van der Waals surface area contributed by atoms with Gasteiger partial charge in [-0.25, -0.2) is 4.39 Å². The fraction of sp³-hybridized carbons (Fsp3) is 0.222. The molecule has 0 amide bonds. The Morgan fingerprint density at radius 1 is 1.54 bits per heavy atom. The van der Waals surface area contributed by atoms with Gasteiger partial charge in [0.25, 0.3) is 0 Å². The van der Waals surface area contributed by atoms with E-state index in [2.05, 4.69) is 0 Å². The molecule has 0 heterocycles. The molecule has 0 bridgehead atoms. The van der Waals surface area contributed by atoms with E-state index in [1.807, 2.05) is 0 Å². The molecule has 0 aliphatic heterocycles. The zero-order valence-electron chi connectivity index (χ0n) is 6.74. The highest BCUT2D eigenvalue weighted by Crippen LogP contribution is 2.22. The molecule has 0 radical (unpaired) electrons. The fourth-order valence-corrected chi connectivity index (χ4v) is 0.935. The number of aliphatic hydroxyl groups excluding tert-OH is 1. The molecule has 68 valence electrons. The number of nitriles is 1. The summed E-state index contributed by atoms with van der Waals surface area (Å²) in [6.45, 7) is 0. The number of phenols is 1. The van der Waals surface area contributed by atoms with Crippen molar-refractivity contribution in [1.29, 1.82) is 5.26 Å². The van der Waals surface area contributed by atoms with Crippen molar-refractivity contribution < 1.29 is 14.6 Å². The normalized spacial score (nSPS) is 12.1. The van der Waals surface area contributed by atoms with Crippen LogP contribution in [0.15, 0.2) is 18.2 Å². The lowest BCUT2D eigenvalue weighted by Crippen LogP contribution is -1.96. The zero-order valence-corrected chi connectivity index (χ0v) is 6.74. The summed E-state index contributed by atoms with van der Waals surface area (Å²) < 4.78 is 12.7. The first kappa shape index (κ1) is 9.49. The van der Waals surface area contributed by atoms with Gasteiger partial charge in [0, 0.05) is 0 Å². The Labute approximate surface area is 74.7 Å². The first-order valence-corrected chi connectivity index (χ1v) is 3.68. The molecule has 3 nitrogen and oxygen atoms in total. The molecule has 1 rings (SSSR count). The zero-order chi connectivity index (χ0) is 9.84. The molecule has 4 heteroatoms. The van der Waals surface area contributed by atoms with E-state index < -0.39 is 17.7 Å². The average Bonchev–Trinajstić information content (AvgIpc) is 2.10. The number of rotatable bonds is 2. The van der Waals surface area contributed by atoms with Crippen LogP contribution in [0.1, 0.15) is 18.1 Å². The standard InChI is InChI=1S/C9H8FNO2/c10-7-5-6(1-2-9(7)13)8(12)3-4-11/h1-2,5,8,12-13H,3H2. The quantitative estimate of drug-likeness (QED) is 0.726. The van der Waals surface area contributed by atoms with Crippen LogP contribution in [0.25, 0.3) is 0 Å². The monoisotopic (exact) mass is 181 g/mol. The van der Waals surface area contributed by atoms with Crippen molar-refractivity contribution in [3.63, 3.8) is 0 Å². The van der Waals surface area contributed by atoms with E-state index in [0.717, 1.165) is 12.1 Å². The number of aliphatic hydroxyl groups is 1. The van der Waals surface area contributed by atoms with E-state index in [9.17, 15) is 9.50 Å². The summed E-state index contributed by atoms with van der Waals surface area (Å²) in [5.74, 6) is -1.26. The van der Waals surface area contributed by atoms with Gasteiger partial charge in [0.15, 0.2) is 11.6 Å². The molecule has 0 saturated carbocycles. The highest BCUT2D eigenvalue weighted by Gasteiger charge is 2.09. The van der Waals surface area contributed by atoms with Crippen LogP contribution in [-0.4, -0.2) is 10.2 Å². The Morgan fingerprint density at radius 2 is 2.23 bits per heavy atom. The van der Waals surface area contributed by atoms with Gasteiger partial charge in [-0.05, 0) is 17.7 Å². The number of aromatic hydroxyl groups is 1. The molecule has 0 saturated heterocycles. The Kier molecular flexibility index (Phi) is 2.83. The number of benzene rings is 1. The van der Waals surface area contributed by atoms with E-state index >= 15 is 0 Å². The maximum absolute atomic E-state index is 12.7. The lowest BCUT2D eigenvalue weighted by molar-refractivity contribution is 0.183. The summed E-state index contributed by atoms with van der Waals surface area (Å²) in [6, 6.07) is 5.30. The lowest BCUT2D eigenvalue weighted by atomic mass is 10.1. The van der Waals surface area contributed by atoms with E-state index in [0.29, 0.717) is 0 Å². The molecule has 0 aliphatic carbocycles. The minimum absolute atomic E-state index is 0.0930. The number of halogens is 1. The van der Waals surface area contributed by atoms with Crippen LogP contribution >= 0.6 is 0 Å². The van der Waals surface area contributed by atoms with Crippen LogP contribution in [-0.2, 0) is 0 Å². The molecule has 1 unspecified atom stereocenters. The van der Waals surface area contributed by atoms with Crippen molar-refractivity contribution in [2.45, 2.75) is 12.5 Å². The van der Waals surface area contributed by atoms with Gasteiger partial charge < -0.3 is 10.2 Å². The first-order chi connectivity index (χ1) is 6.15. The van der Waals surface area contributed by atoms with Gasteiger partial charge in [-0.3, -0.25) is 0 Å². The molecule has 2 N–H and O–H groups in total. The predicted octanol–water partition coefficient (Wildman–Crippen LogP) is 1.48. The van der Waals surface area contributed by atoms with Gasteiger partial charge in [-0.15, -0.1) is 0 Å². The fourth-order valence-electron chi connectivity index (χ4n) is 0.935. The summed E-state index contributed by atoms with van der Waals surface area (Å²) in [5, 5.41) is 26.4.